The Labute approximate surface area is 66.6 Å². The van der Waals surface area contributed by atoms with Crippen molar-refractivity contribution in [2.24, 2.45) is 0 Å². The van der Waals surface area contributed by atoms with Crippen LogP contribution < -0.4 is 0 Å². The minimum Gasteiger partial charge on any atom is -0.430 e. The lowest BCUT2D eigenvalue weighted by molar-refractivity contribution is 0.168. The molecule has 4 heteroatoms. The number of halogens is 2. The van der Waals surface area contributed by atoms with Gasteiger partial charge in [-0.15, -0.1) is 0 Å². The molecule has 0 aliphatic carbocycles. The summed E-state index contributed by atoms with van der Waals surface area (Å²) in [5, 5.41) is 0. The number of nitrogens with zero attached hydrogens (tertiary/aromatic N) is 1. The van der Waals surface area contributed by atoms with Gasteiger partial charge in [0.2, 0.25) is 5.89 Å². The molecule has 2 nitrogen and oxygen atoms in total. The molecule has 0 N–H and O–H groups in total. The van der Waals surface area contributed by atoms with Crippen LogP contribution in [0.2, 0.25) is 0 Å². The average molecular weight is 208 g/mol. The minimum atomic E-state index is -1.49. The van der Waals surface area contributed by atoms with Gasteiger partial charge in [0.05, 0.1) is 6.20 Å². The molecule has 0 aliphatic rings. The van der Waals surface area contributed by atoms with E-state index in [0.717, 1.165) is 0 Å². The third kappa shape index (κ3) is 1.56. The predicted molar refractivity (Wildman–Crippen MR) is 38.3 cm³/mol. The molecule has 0 saturated heterocycles. The van der Waals surface area contributed by atoms with Crippen LogP contribution in [0.25, 0.3) is 0 Å². The Bertz CT molecular complexity index is 228. The quantitative estimate of drug-likeness (QED) is 0.708. The molecule has 1 aromatic heterocycles. The van der Waals surface area contributed by atoms with Crippen LogP contribution in [0.4, 0.5) is 4.39 Å². The molecule has 0 bridgehead atoms. The first-order valence-electron chi connectivity index (χ1n) is 2.81. The van der Waals surface area contributed by atoms with Gasteiger partial charge in [0.25, 0.3) is 0 Å². The van der Waals surface area contributed by atoms with Gasteiger partial charge in [0.1, 0.15) is 0 Å². The molecule has 0 unspecified atom stereocenters. The highest BCUT2D eigenvalue weighted by atomic mass is 79.9. The minimum absolute atomic E-state index is 0.0966. The van der Waals surface area contributed by atoms with Gasteiger partial charge in [0, 0.05) is 0 Å². The second kappa shape index (κ2) is 2.34. The Kier molecular flexibility index (Phi) is 1.81. The lowest BCUT2D eigenvalue weighted by atomic mass is 10.2. The molecule has 0 saturated carbocycles. The van der Waals surface area contributed by atoms with Crippen molar-refractivity contribution in [3.8, 4) is 0 Å². The van der Waals surface area contributed by atoms with E-state index in [1.165, 1.54) is 20.0 Å². The summed E-state index contributed by atoms with van der Waals surface area (Å²) in [4.78, 5) is 3.70. The standard InChI is InChI=1S/C6H7BrFNO/c1-6(2,8)5-9-3-4(7)10-5/h3H,1-2H3. The lowest BCUT2D eigenvalue weighted by Gasteiger charge is -2.06. The van der Waals surface area contributed by atoms with Crippen LogP contribution in [0.5, 0.6) is 0 Å². The zero-order valence-corrected chi connectivity index (χ0v) is 7.27. The predicted octanol–water partition coefficient (Wildman–Crippen LogP) is 2.64. The summed E-state index contributed by atoms with van der Waals surface area (Å²) < 4.78 is 18.3. The lowest BCUT2D eigenvalue weighted by Crippen LogP contribution is -2.08. The van der Waals surface area contributed by atoms with Gasteiger partial charge in [-0.25, -0.2) is 9.37 Å². The van der Waals surface area contributed by atoms with Crippen LogP contribution >= 0.6 is 15.9 Å². The number of oxazole rings is 1. The van der Waals surface area contributed by atoms with Gasteiger partial charge in [-0.05, 0) is 29.8 Å². The summed E-state index contributed by atoms with van der Waals surface area (Å²) in [6.07, 6.45) is 1.43. The van der Waals surface area contributed by atoms with E-state index < -0.39 is 5.67 Å². The van der Waals surface area contributed by atoms with Crippen molar-refractivity contribution in [2.75, 3.05) is 0 Å². The number of aromatic nitrogens is 1. The highest BCUT2D eigenvalue weighted by molar-refractivity contribution is 9.10. The molecule has 0 spiro atoms. The summed E-state index contributed by atoms with van der Waals surface area (Å²) in [6.45, 7) is 2.79. The fourth-order valence-corrected chi connectivity index (χ4v) is 0.785. The van der Waals surface area contributed by atoms with Crippen LogP contribution in [0.15, 0.2) is 15.3 Å². The normalized spacial score (nSPS) is 12.0. The fraction of sp³-hybridized carbons (Fsp3) is 0.500. The third-order valence-electron chi connectivity index (χ3n) is 0.986. The second-order valence-electron chi connectivity index (χ2n) is 2.44. The molecular formula is C6H7BrFNO. The zero-order chi connectivity index (χ0) is 7.78. The first kappa shape index (κ1) is 7.72. The molecule has 1 heterocycles. The van der Waals surface area contributed by atoms with Crippen LogP contribution in [0.1, 0.15) is 19.7 Å². The maximum absolute atomic E-state index is 13.0. The van der Waals surface area contributed by atoms with E-state index in [1.54, 1.807) is 0 Å². The summed E-state index contributed by atoms with van der Waals surface area (Å²) in [5.74, 6) is 0.0966. The van der Waals surface area contributed by atoms with Crippen molar-refractivity contribution in [1.82, 2.24) is 4.98 Å². The Morgan fingerprint density at radius 1 is 1.70 bits per heavy atom. The van der Waals surface area contributed by atoms with Crippen LogP contribution in [0, 0.1) is 0 Å². The topological polar surface area (TPSA) is 26.0 Å². The third-order valence-corrected chi connectivity index (χ3v) is 1.35. The van der Waals surface area contributed by atoms with Gasteiger partial charge in [-0.1, -0.05) is 0 Å². The van der Waals surface area contributed by atoms with Gasteiger partial charge >= 0.3 is 0 Å². The summed E-state index contributed by atoms with van der Waals surface area (Å²) in [6, 6.07) is 0. The van der Waals surface area contributed by atoms with E-state index in [2.05, 4.69) is 20.9 Å². The molecule has 0 atom stereocenters. The van der Waals surface area contributed by atoms with Crippen LogP contribution in [-0.4, -0.2) is 4.98 Å². The molecular weight excluding hydrogens is 201 g/mol. The van der Waals surface area contributed by atoms with Crippen molar-refractivity contribution in [2.45, 2.75) is 19.5 Å². The van der Waals surface area contributed by atoms with Crippen molar-refractivity contribution in [3.05, 3.63) is 16.8 Å². The monoisotopic (exact) mass is 207 g/mol. The van der Waals surface area contributed by atoms with Gasteiger partial charge < -0.3 is 4.42 Å². The highest BCUT2D eigenvalue weighted by Gasteiger charge is 2.24. The molecule has 0 aromatic carbocycles. The number of hydrogen-bond donors (Lipinski definition) is 0. The Morgan fingerprint density at radius 2 is 2.30 bits per heavy atom. The fourth-order valence-electron chi connectivity index (χ4n) is 0.529. The second-order valence-corrected chi connectivity index (χ2v) is 3.22. The van der Waals surface area contributed by atoms with Crippen LogP contribution in [0.3, 0.4) is 0 Å². The maximum atomic E-state index is 13.0. The van der Waals surface area contributed by atoms with E-state index in [9.17, 15) is 4.39 Å². The molecule has 0 amide bonds. The van der Waals surface area contributed by atoms with Crippen LogP contribution in [-0.2, 0) is 5.67 Å². The van der Waals surface area contributed by atoms with Crippen molar-refractivity contribution in [1.29, 1.82) is 0 Å². The number of alkyl halides is 1. The average Bonchev–Trinajstić information content (AvgIpc) is 2.11. The van der Waals surface area contributed by atoms with E-state index >= 15 is 0 Å². The Balaban J connectivity index is 2.96. The Hall–Kier alpha value is -0.380. The molecule has 1 aromatic rings. The SMILES string of the molecule is CC(C)(F)c1ncc(Br)o1. The molecule has 0 aliphatic heterocycles. The zero-order valence-electron chi connectivity index (χ0n) is 5.69. The molecule has 1 rings (SSSR count). The summed E-state index contributed by atoms with van der Waals surface area (Å²) in [5.41, 5.74) is -1.49. The Morgan fingerprint density at radius 3 is 2.50 bits per heavy atom. The van der Waals surface area contributed by atoms with E-state index in [-0.39, 0.29) is 5.89 Å². The first-order valence-corrected chi connectivity index (χ1v) is 3.60. The largest absolute Gasteiger partial charge is 0.430 e. The van der Waals surface area contributed by atoms with E-state index in [0.29, 0.717) is 4.67 Å². The van der Waals surface area contributed by atoms with Crippen molar-refractivity contribution in [3.63, 3.8) is 0 Å². The first-order chi connectivity index (χ1) is 4.50. The van der Waals surface area contributed by atoms with Gasteiger partial charge in [0.15, 0.2) is 10.3 Å². The smallest absolute Gasteiger partial charge is 0.232 e. The van der Waals surface area contributed by atoms with Gasteiger partial charge in [-0.2, -0.15) is 0 Å². The van der Waals surface area contributed by atoms with E-state index in [4.69, 9.17) is 4.42 Å². The maximum Gasteiger partial charge on any atom is 0.232 e. The molecule has 10 heavy (non-hydrogen) atoms. The summed E-state index contributed by atoms with van der Waals surface area (Å²) in [7, 11) is 0. The number of rotatable bonds is 1. The molecule has 0 fully saturated rings. The number of hydrogen-bond acceptors (Lipinski definition) is 2. The molecule has 56 valence electrons. The molecule has 0 radical (unpaired) electrons. The van der Waals surface area contributed by atoms with Crippen molar-refractivity contribution >= 4 is 15.9 Å². The van der Waals surface area contributed by atoms with Gasteiger partial charge in [-0.3, -0.25) is 0 Å². The highest BCUT2D eigenvalue weighted by Crippen LogP contribution is 2.25. The summed E-state index contributed by atoms with van der Waals surface area (Å²) >= 11 is 3.03. The van der Waals surface area contributed by atoms with Crippen molar-refractivity contribution < 1.29 is 8.81 Å². The van der Waals surface area contributed by atoms with E-state index in [1.807, 2.05) is 0 Å².